The normalized spacial score (nSPS) is 11.9. The third-order valence-corrected chi connectivity index (χ3v) is 6.65. The second-order valence-electron chi connectivity index (χ2n) is 2.38. The third kappa shape index (κ3) is 11.7. The summed E-state index contributed by atoms with van der Waals surface area (Å²) < 4.78 is -1.58. The summed E-state index contributed by atoms with van der Waals surface area (Å²) in [4.78, 5) is 0. The van der Waals surface area contributed by atoms with Gasteiger partial charge in [0.25, 0.3) is 0 Å². The second-order valence-corrected chi connectivity index (χ2v) is 16.6. The van der Waals surface area contributed by atoms with Crippen molar-refractivity contribution in [1.82, 2.24) is 0 Å². The van der Waals surface area contributed by atoms with Gasteiger partial charge in [-0.25, -0.2) is 0 Å². The van der Waals surface area contributed by atoms with Crippen molar-refractivity contribution in [3.05, 3.63) is 0 Å². The fourth-order valence-corrected chi connectivity index (χ4v) is 4.52. The highest BCUT2D eigenvalue weighted by atomic mass is 33.5. The minimum atomic E-state index is -1.58. The zero-order valence-electron chi connectivity index (χ0n) is 6.69. The molecule has 0 atom stereocenters. The van der Waals surface area contributed by atoms with E-state index in [1.54, 1.807) is 11.4 Å². The molecule has 0 aromatic heterocycles. The largest absolute Gasteiger partial charge is 0.122 e. The lowest BCUT2D eigenvalue weighted by atomic mass is 10.2. The summed E-state index contributed by atoms with van der Waals surface area (Å²) in [7, 11) is 0. The van der Waals surface area contributed by atoms with Gasteiger partial charge >= 0.3 is 0 Å². The average Bonchev–Trinajstić information content (AvgIpc) is 1.85. The van der Waals surface area contributed by atoms with Gasteiger partial charge in [0, 0.05) is 0 Å². The van der Waals surface area contributed by atoms with Gasteiger partial charge in [-0.3, -0.25) is 0 Å². The molecule has 0 bridgehead atoms. The quantitative estimate of drug-likeness (QED) is 0.405. The fourth-order valence-electron chi connectivity index (χ4n) is 0.712. The summed E-state index contributed by atoms with van der Waals surface area (Å²) in [5, 5.41) is 0. The maximum atomic E-state index is 5.07. The summed E-state index contributed by atoms with van der Waals surface area (Å²) in [6, 6.07) is 0. The van der Waals surface area contributed by atoms with Crippen molar-refractivity contribution in [3.63, 3.8) is 0 Å². The Labute approximate surface area is 89.4 Å². The molecule has 0 unspecified atom stereocenters. The lowest BCUT2D eigenvalue weighted by molar-refractivity contribution is 0.707. The zero-order chi connectivity index (χ0) is 8.74. The van der Waals surface area contributed by atoms with Crippen molar-refractivity contribution in [2.24, 2.45) is 0 Å². The van der Waals surface area contributed by atoms with Crippen LogP contribution in [-0.4, -0.2) is 5.75 Å². The van der Waals surface area contributed by atoms with Gasteiger partial charge in [0.2, 0.25) is 0 Å². The van der Waals surface area contributed by atoms with E-state index in [1.165, 1.54) is 25.7 Å². The van der Waals surface area contributed by atoms with E-state index in [-0.39, 0.29) is 0 Å². The van der Waals surface area contributed by atoms with Gasteiger partial charge < -0.3 is 0 Å². The van der Waals surface area contributed by atoms with Gasteiger partial charge in [0.05, 0.1) is 0 Å². The molecule has 68 valence electrons. The fraction of sp³-hybridized carbons (Fsp3) is 1.00. The zero-order valence-corrected chi connectivity index (χ0v) is 11.0. The summed E-state index contributed by atoms with van der Waals surface area (Å²) in [5.41, 5.74) is 0. The Morgan fingerprint density at radius 3 is 2.36 bits per heavy atom. The summed E-state index contributed by atoms with van der Waals surface area (Å²) in [6.07, 6.45) is 5.21. The van der Waals surface area contributed by atoms with Crippen molar-refractivity contribution >= 4 is 51.3 Å². The lowest BCUT2D eigenvalue weighted by Crippen LogP contribution is -1.77. The van der Waals surface area contributed by atoms with Crippen LogP contribution in [0.3, 0.4) is 0 Å². The van der Waals surface area contributed by atoms with Crippen molar-refractivity contribution in [3.8, 4) is 0 Å². The maximum Gasteiger partial charge on any atom is 0.103 e. The average molecular weight is 246 g/mol. The van der Waals surface area contributed by atoms with E-state index in [0.29, 0.717) is 0 Å². The molecular weight excluding hydrogens is 231 g/mol. The Morgan fingerprint density at radius 2 is 1.91 bits per heavy atom. The van der Waals surface area contributed by atoms with Gasteiger partial charge in [-0.1, -0.05) is 38.0 Å². The molecule has 0 rings (SSSR count). The molecule has 0 aromatic carbocycles. The Balaban J connectivity index is 3.09. The van der Waals surface area contributed by atoms with Crippen LogP contribution >= 0.6 is 39.5 Å². The van der Waals surface area contributed by atoms with Gasteiger partial charge in [-0.05, 0) is 12.2 Å². The van der Waals surface area contributed by atoms with E-state index in [0.717, 1.165) is 5.75 Å². The first kappa shape index (κ1) is 12.7. The molecule has 0 nitrogen and oxygen atoms in total. The first-order chi connectivity index (χ1) is 5.06. The van der Waals surface area contributed by atoms with E-state index < -0.39 is 3.64 Å². The third-order valence-electron chi connectivity index (χ3n) is 1.26. The molecule has 0 radical (unpaired) electrons. The molecule has 0 saturated carbocycles. The predicted molar refractivity (Wildman–Crippen MR) is 68.9 cm³/mol. The van der Waals surface area contributed by atoms with Crippen LogP contribution in [-0.2, 0) is 11.8 Å². The minimum Gasteiger partial charge on any atom is -0.122 e. The van der Waals surface area contributed by atoms with Crippen LogP contribution in [0.1, 0.15) is 32.6 Å². The highest BCUT2D eigenvalue weighted by molar-refractivity contribution is 9.17. The number of unbranched alkanes of at least 4 members (excludes halogenated alkanes) is 3. The van der Waals surface area contributed by atoms with Crippen LogP contribution in [0, 0.1) is 0 Å². The van der Waals surface area contributed by atoms with Crippen LogP contribution in [0.5, 0.6) is 0 Å². The van der Waals surface area contributed by atoms with Crippen molar-refractivity contribution < 1.29 is 0 Å². The first-order valence-corrected chi connectivity index (χ1v) is 10.5. The van der Waals surface area contributed by atoms with Crippen molar-refractivity contribution in [2.45, 2.75) is 32.6 Å². The topological polar surface area (TPSA) is 0 Å². The highest BCUT2D eigenvalue weighted by Gasteiger charge is 2.03. The lowest BCUT2D eigenvalue weighted by Gasteiger charge is -2.06. The minimum absolute atomic E-state index is 1.13. The molecule has 0 aromatic rings. The smallest absolute Gasteiger partial charge is 0.103 e. The van der Waals surface area contributed by atoms with Gasteiger partial charge in [0.15, 0.2) is 0 Å². The Bertz CT molecular complexity index is 131. The van der Waals surface area contributed by atoms with E-state index in [4.69, 9.17) is 11.8 Å². The van der Waals surface area contributed by atoms with Crippen molar-refractivity contribution in [1.29, 1.82) is 0 Å². The monoisotopic (exact) mass is 246 g/mol. The highest BCUT2D eigenvalue weighted by Crippen LogP contribution is 2.67. The van der Waals surface area contributed by atoms with Crippen molar-refractivity contribution in [2.75, 3.05) is 5.75 Å². The van der Waals surface area contributed by atoms with E-state index in [2.05, 4.69) is 31.4 Å². The number of hydrogen-bond donors (Lipinski definition) is 2. The maximum absolute atomic E-state index is 5.07. The van der Waals surface area contributed by atoms with E-state index >= 15 is 0 Å². The molecule has 0 spiro atoms. The number of hydrogen-bond acceptors (Lipinski definition) is 2. The summed E-state index contributed by atoms with van der Waals surface area (Å²) >= 11 is 15.3. The van der Waals surface area contributed by atoms with Gasteiger partial charge in [-0.2, -0.15) is 0 Å². The Hall–Kier alpha value is 1.70. The molecule has 0 fully saturated rings. The molecule has 11 heavy (non-hydrogen) atoms. The second kappa shape index (κ2) is 7.14. The molecular formula is C6H15PS4. The van der Waals surface area contributed by atoms with Crippen LogP contribution < -0.4 is 0 Å². The number of thiol groups is 2. The molecule has 0 N–H and O–H groups in total. The molecule has 0 heterocycles. The molecule has 0 amide bonds. The van der Waals surface area contributed by atoms with Crippen LogP contribution in [0.2, 0.25) is 0 Å². The van der Waals surface area contributed by atoms with Crippen LogP contribution in [0.4, 0.5) is 0 Å². The number of rotatable bonds is 6. The molecule has 0 aliphatic rings. The van der Waals surface area contributed by atoms with Gasteiger partial charge in [0.1, 0.15) is 3.64 Å². The van der Waals surface area contributed by atoms with Gasteiger partial charge in [-0.15, -0.1) is 35.9 Å². The van der Waals surface area contributed by atoms with E-state index in [1.807, 2.05) is 0 Å². The summed E-state index contributed by atoms with van der Waals surface area (Å²) in [5.74, 6) is 1.13. The molecule has 0 aliphatic heterocycles. The molecule has 5 heteroatoms. The van der Waals surface area contributed by atoms with Crippen LogP contribution in [0.15, 0.2) is 0 Å². The standard InChI is InChI=1S/C6H15PS4/c1-2-3-4-5-6-11-7(8,9)10/h2-6H2,1H3,(H2,8,9,10). The molecule has 0 aliphatic carbocycles. The summed E-state index contributed by atoms with van der Waals surface area (Å²) in [6.45, 7) is 2.22. The molecule has 0 saturated heterocycles. The van der Waals surface area contributed by atoms with Crippen LogP contribution in [0.25, 0.3) is 0 Å². The Morgan fingerprint density at radius 1 is 1.27 bits per heavy atom. The van der Waals surface area contributed by atoms with E-state index in [9.17, 15) is 0 Å². The SMILES string of the molecule is CCCCCCSP(=S)(S)S. The predicted octanol–water partition coefficient (Wildman–Crippen LogP) is 4.38. The first-order valence-electron chi connectivity index (χ1n) is 3.76. The Kier molecular flexibility index (Phi) is 8.24.